The van der Waals surface area contributed by atoms with Crippen molar-refractivity contribution in [3.8, 4) is 0 Å². The molecule has 2 heterocycles. The van der Waals surface area contributed by atoms with Crippen LogP contribution in [-0.2, 0) is 0 Å². The van der Waals surface area contributed by atoms with Crippen LogP contribution in [0.5, 0.6) is 0 Å². The number of nitrogens with one attached hydrogen (secondary N) is 2. The zero-order chi connectivity index (χ0) is 11.4. The van der Waals surface area contributed by atoms with Gasteiger partial charge in [0.05, 0.1) is 0 Å². The van der Waals surface area contributed by atoms with E-state index in [0.717, 1.165) is 11.5 Å². The Bertz CT molecular complexity index is 409. The molecule has 0 saturated carbocycles. The zero-order valence-corrected chi connectivity index (χ0v) is 9.81. The highest BCUT2D eigenvalue weighted by Crippen LogP contribution is 2.18. The summed E-state index contributed by atoms with van der Waals surface area (Å²) in [6.07, 6.45) is 0. The third kappa shape index (κ3) is 3.03. The van der Waals surface area contributed by atoms with Gasteiger partial charge in [-0.3, -0.25) is 0 Å². The van der Waals surface area contributed by atoms with Gasteiger partial charge >= 0.3 is 0 Å². The lowest BCUT2D eigenvalue weighted by atomic mass is 11.0. The first-order valence-electron chi connectivity index (χ1n) is 4.35. The monoisotopic (exact) mass is 258 g/mol. The van der Waals surface area contributed by atoms with Crippen LogP contribution in [0.1, 0.15) is 0 Å². The minimum Gasteiger partial charge on any atom is -0.368 e. The number of nitrogens with zero attached hydrogens (tertiary/aromatic N) is 4. The second kappa shape index (κ2) is 5.07. The Morgan fingerprint density at radius 1 is 0.875 bits per heavy atom. The molecule has 8 nitrogen and oxygen atoms in total. The number of rotatable bonds is 5. The minimum absolute atomic E-state index is 0.330. The second-order valence-corrected chi connectivity index (χ2v) is 4.83. The molecule has 0 atom stereocenters. The molecule has 16 heavy (non-hydrogen) atoms. The van der Waals surface area contributed by atoms with Crippen molar-refractivity contribution in [1.29, 1.82) is 0 Å². The number of hydrogen-bond donors (Lipinski definition) is 4. The first kappa shape index (κ1) is 11.1. The van der Waals surface area contributed by atoms with Gasteiger partial charge in [0.15, 0.2) is 0 Å². The lowest BCUT2D eigenvalue weighted by Gasteiger charge is -1.94. The van der Waals surface area contributed by atoms with E-state index in [1.54, 1.807) is 0 Å². The molecule has 86 valence electrons. The zero-order valence-electron chi connectivity index (χ0n) is 8.17. The summed E-state index contributed by atoms with van der Waals surface area (Å²) >= 11 is 3.03. The molecule has 0 aliphatic heterocycles. The summed E-state index contributed by atoms with van der Waals surface area (Å²) in [6.45, 7) is 0. The topological polar surface area (TPSA) is 135 Å². The Morgan fingerprint density at radius 2 is 1.31 bits per heavy atom. The van der Waals surface area contributed by atoms with E-state index in [1.165, 1.54) is 23.5 Å². The predicted molar refractivity (Wildman–Crippen MR) is 63.0 cm³/mol. The summed E-state index contributed by atoms with van der Waals surface area (Å²) in [6, 6.07) is 0. The van der Waals surface area contributed by atoms with E-state index in [4.69, 9.17) is 11.5 Å². The predicted octanol–water partition coefficient (Wildman–Crippen LogP) is -0.0284. The van der Waals surface area contributed by atoms with Crippen LogP contribution in [0, 0.1) is 0 Å². The van der Waals surface area contributed by atoms with Crippen molar-refractivity contribution in [1.82, 2.24) is 30.4 Å². The summed E-state index contributed by atoms with van der Waals surface area (Å²) in [5.74, 6) is 2.35. The highest BCUT2D eigenvalue weighted by Gasteiger charge is 2.03. The van der Waals surface area contributed by atoms with E-state index >= 15 is 0 Å². The molecule has 0 aliphatic rings. The van der Waals surface area contributed by atoms with Gasteiger partial charge < -0.3 is 11.5 Å². The van der Waals surface area contributed by atoms with Gasteiger partial charge in [-0.05, 0) is 0 Å². The Hall–Kier alpha value is -1.42. The summed E-state index contributed by atoms with van der Waals surface area (Å²) < 4.78 is 0. The van der Waals surface area contributed by atoms with Crippen LogP contribution in [0.25, 0.3) is 0 Å². The molecule has 0 saturated heterocycles. The molecule has 10 heteroatoms. The molecule has 2 aromatic rings. The van der Waals surface area contributed by atoms with Crippen LogP contribution in [0.2, 0.25) is 0 Å². The molecule has 0 aromatic carbocycles. The number of H-pyrrole nitrogens is 2. The van der Waals surface area contributed by atoms with Gasteiger partial charge in [-0.25, -0.2) is 10.2 Å². The van der Waals surface area contributed by atoms with Crippen molar-refractivity contribution >= 4 is 35.4 Å². The van der Waals surface area contributed by atoms with Crippen LogP contribution in [-0.4, -0.2) is 41.9 Å². The van der Waals surface area contributed by atoms with Crippen LogP contribution in [0.3, 0.4) is 0 Å². The average Bonchev–Trinajstić information content (AvgIpc) is 2.83. The van der Waals surface area contributed by atoms with E-state index in [-0.39, 0.29) is 0 Å². The third-order valence-electron chi connectivity index (χ3n) is 1.51. The van der Waals surface area contributed by atoms with Gasteiger partial charge in [0.2, 0.25) is 22.2 Å². The van der Waals surface area contributed by atoms with Gasteiger partial charge in [-0.2, -0.15) is 9.97 Å². The molecule has 0 unspecified atom stereocenters. The van der Waals surface area contributed by atoms with E-state index in [1.807, 2.05) is 0 Å². The van der Waals surface area contributed by atoms with Gasteiger partial charge in [0.1, 0.15) is 0 Å². The molecular formula is C6H10N8S2. The number of anilines is 2. The van der Waals surface area contributed by atoms with Crippen molar-refractivity contribution in [2.75, 3.05) is 23.0 Å². The first-order valence-corrected chi connectivity index (χ1v) is 6.32. The van der Waals surface area contributed by atoms with Crippen molar-refractivity contribution in [2.24, 2.45) is 0 Å². The molecule has 0 radical (unpaired) electrons. The molecule has 0 bridgehead atoms. The van der Waals surface area contributed by atoms with Crippen LogP contribution in [0.4, 0.5) is 11.9 Å². The molecule has 0 amide bonds. The van der Waals surface area contributed by atoms with Crippen LogP contribution in [0.15, 0.2) is 10.3 Å². The number of aromatic nitrogens is 6. The summed E-state index contributed by atoms with van der Waals surface area (Å²) in [7, 11) is 0. The Kier molecular flexibility index (Phi) is 3.51. The van der Waals surface area contributed by atoms with E-state index in [9.17, 15) is 0 Å². The third-order valence-corrected chi connectivity index (χ3v) is 3.47. The Balaban J connectivity index is 1.69. The molecular weight excluding hydrogens is 248 g/mol. The number of thioether (sulfide) groups is 2. The van der Waals surface area contributed by atoms with Crippen LogP contribution < -0.4 is 11.5 Å². The highest BCUT2D eigenvalue weighted by atomic mass is 32.2. The molecule has 2 rings (SSSR count). The number of hydrogen-bond acceptors (Lipinski definition) is 8. The van der Waals surface area contributed by atoms with Gasteiger partial charge in [-0.15, -0.1) is 10.2 Å². The average molecular weight is 258 g/mol. The summed E-state index contributed by atoms with van der Waals surface area (Å²) in [5.41, 5.74) is 10.8. The van der Waals surface area contributed by atoms with E-state index in [2.05, 4.69) is 30.4 Å². The fourth-order valence-electron chi connectivity index (χ4n) is 0.911. The van der Waals surface area contributed by atoms with E-state index < -0.39 is 0 Å². The molecule has 2 aromatic heterocycles. The second-order valence-electron chi connectivity index (χ2n) is 2.70. The number of nitrogens with two attached hydrogens (primary N) is 2. The fraction of sp³-hybridized carbons (Fsp3) is 0.333. The maximum atomic E-state index is 5.39. The van der Waals surface area contributed by atoms with Crippen molar-refractivity contribution in [3.63, 3.8) is 0 Å². The quantitative estimate of drug-likeness (QED) is 0.433. The molecule has 0 spiro atoms. The number of nitrogen functional groups attached to an aromatic ring is 2. The van der Waals surface area contributed by atoms with E-state index in [0.29, 0.717) is 22.2 Å². The minimum atomic E-state index is 0.330. The van der Waals surface area contributed by atoms with Crippen molar-refractivity contribution < 1.29 is 0 Å². The van der Waals surface area contributed by atoms with Crippen LogP contribution >= 0.6 is 23.5 Å². The van der Waals surface area contributed by atoms with Gasteiger partial charge in [-0.1, -0.05) is 23.5 Å². The number of aromatic amines is 2. The summed E-state index contributed by atoms with van der Waals surface area (Å²) in [5, 5.41) is 14.2. The molecule has 0 aliphatic carbocycles. The lowest BCUT2D eigenvalue weighted by molar-refractivity contribution is 0.971. The Morgan fingerprint density at radius 3 is 1.62 bits per heavy atom. The Labute approximate surface area is 99.4 Å². The fourth-order valence-corrected chi connectivity index (χ4v) is 2.49. The maximum absolute atomic E-state index is 5.39. The van der Waals surface area contributed by atoms with Gasteiger partial charge in [0.25, 0.3) is 0 Å². The SMILES string of the molecule is Nc1nc(SCCSc2n[nH]c(N)n2)n[nH]1. The maximum Gasteiger partial charge on any atom is 0.216 e. The molecule has 0 fully saturated rings. The molecule has 6 N–H and O–H groups in total. The first-order chi connectivity index (χ1) is 7.74. The highest BCUT2D eigenvalue weighted by molar-refractivity contribution is 8.02. The lowest BCUT2D eigenvalue weighted by Crippen LogP contribution is -1.88. The smallest absolute Gasteiger partial charge is 0.216 e. The largest absolute Gasteiger partial charge is 0.368 e. The summed E-state index contributed by atoms with van der Waals surface area (Å²) in [4.78, 5) is 7.93. The van der Waals surface area contributed by atoms with Crippen molar-refractivity contribution in [3.05, 3.63) is 0 Å². The van der Waals surface area contributed by atoms with Gasteiger partial charge in [0, 0.05) is 11.5 Å². The normalized spacial score (nSPS) is 10.8. The standard InChI is InChI=1S/C6H10N8S2/c7-3-9-5(13-11-3)15-1-2-16-6-10-4(8)12-14-6/h1-2H2,(H3,7,9,11,13)(H3,8,10,12,14). The van der Waals surface area contributed by atoms with Crippen molar-refractivity contribution in [2.45, 2.75) is 10.3 Å².